The summed E-state index contributed by atoms with van der Waals surface area (Å²) < 4.78 is 26.5. The number of sulfonamides is 1. The van der Waals surface area contributed by atoms with Gasteiger partial charge >= 0.3 is 0 Å². The quantitative estimate of drug-likeness (QED) is 0.782. The number of rotatable bonds is 3. The van der Waals surface area contributed by atoms with Crippen molar-refractivity contribution < 1.29 is 8.42 Å². The Morgan fingerprint density at radius 3 is 2.82 bits per heavy atom. The first-order valence-electron chi connectivity index (χ1n) is 5.44. The van der Waals surface area contributed by atoms with E-state index in [0.717, 1.165) is 12.8 Å². The molecule has 1 aliphatic carbocycles. The molecule has 1 unspecified atom stereocenters. The highest BCUT2D eigenvalue weighted by Crippen LogP contribution is 2.13. The Kier molecular flexibility index (Phi) is 3.44. The molecule has 92 valence electrons. The van der Waals surface area contributed by atoms with Crippen LogP contribution in [0.25, 0.3) is 0 Å². The second kappa shape index (κ2) is 4.85. The van der Waals surface area contributed by atoms with Crippen molar-refractivity contribution >= 4 is 10.0 Å². The second-order valence-corrected chi connectivity index (χ2v) is 5.66. The van der Waals surface area contributed by atoms with Gasteiger partial charge in [-0.25, -0.2) is 13.1 Å². The van der Waals surface area contributed by atoms with Crippen LogP contribution in [0.4, 0.5) is 0 Å². The fourth-order valence-corrected chi connectivity index (χ4v) is 3.13. The zero-order valence-corrected chi connectivity index (χ0v) is 10.0. The van der Waals surface area contributed by atoms with Gasteiger partial charge in [0.1, 0.15) is 4.90 Å². The Labute approximate surface area is 99.6 Å². The number of pyridine rings is 1. The highest BCUT2D eigenvalue weighted by Gasteiger charge is 2.22. The SMILES string of the molecule is O=c1cc[nH]cc1S(=O)(=O)NC1CC=CCC1. The molecule has 1 aromatic heterocycles. The molecule has 2 N–H and O–H groups in total. The van der Waals surface area contributed by atoms with E-state index in [0.29, 0.717) is 6.42 Å². The molecule has 1 aliphatic rings. The average Bonchev–Trinajstić information content (AvgIpc) is 2.30. The molecule has 17 heavy (non-hydrogen) atoms. The highest BCUT2D eigenvalue weighted by molar-refractivity contribution is 7.89. The van der Waals surface area contributed by atoms with Crippen molar-refractivity contribution in [2.75, 3.05) is 0 Å². The van der Waals surface area contributed by atoms with Gasteiger partial charge in [0.15, 0.2) is 0 Å². The Hall–Kier alpha value is -1.40. The third kappa shape index (κ3) is 2.83. The average molecular weight is 254 g/mol. The number of aromatic amines is 1. The molecule has 1 heterocycles. The Morgan fingerprint density at radius 2 is 2.18 bits per heavy atom. The normalized spacial score (nSPS) is 20.4. The van der Waals surface area contributed by atoms with Crippen LogP contribution in [-0.2, 0) is 10.0 Å². The van der Waals surface area contributed by atoms with E-state index in [4.69, 9.17) is 0 Å². The van der Waals surface area contributed by atoms with E-state index >= 15 is 0 Å². The van der Waals surface area contributed by atoms with Gasteiger partial charge in [0.05, 0.1) is 0 Å². The van der Waals surface area contributed by atoms with Crippen molar-refractivity contribution in [3.8, 4) is 0 Å². The van der Waals surface area contributed by atoms with E-state index in [1.165, 1.54) is 18.5 Å². The van der Waals surface area contributed by atoms with Gasteiger partial charge < -0.3 is 4.98 Å². The van der Waals surface area contributed by atoms with E-state index in [-0.39, 0.29) is 10.9 Å². The van der Waals surface area contributed by atoms with Crippen LogP contribution < -0.4 is 10.2 Å². The lowest BCUT2D eigenvalue weighted by Gasteiger charge is -2.18. The summed E-state index contributed by atoms with van der Waals surface area (Å²) in [6.45, 7) is 0. The van der Waals surface area contributed by atoms with E-state index in [9.17, 15) is 13.2 Å². The zero-order valence-electron chi connectivity index (χ0n) is 9.22. The number of H-pyrrole nitrogens is 1. The minimum Gasteiger partial charge on any atom is -0.366 e. The molecular formula is C11H14N2O3S. The van der Waals surface area contributed by atoms with Crippen LogP contribution in [0, 0.1) is 0 Å². The van der Waals surface area contributed by atoms with Crippen LogP contribution in [-0.4, -0.2) is 19.4 Å². The molecule has 0 radical (unpaired) electrons. The first-order valence-corrected chi connectivity index (χ1v) is 6.92. The Balaban J connectivity index is 2.22. The smallest absolute Gasteiger partial charge is 0.246 e. The molecule has 1 aromatic rings. The van der Waals surface area contributed by atoms with Crippen LogP contribution in [0.5, 0.6) is 0 Å². The van der Waals surface area contributed by atoms with Crippen molar-refractivity contribution in [3.63, 3.8) is 0 Å². The molecule has 0 bridgehead atoms. The number of allylic oxidation sites excluding steroid dienone is 1. The Morgan fingerprint density at radius 1 is 1.35 bits per heavy atom. The molecule has 0 spiro atoms. The summed E-state index contributed by atoms with van der Waals surface area (Å²) in [5.74, 6) is 0. The molecule has 0 amide bonds. The molecule has 0 saturated heterocycles. The topological polar surface area (TPSA) is 79.0 Å². The molecule has 0 fully saturated rings. The molecule has 0 saturated carbocycles. The fraction of sp³-hybridized carbons (Fsp3) is 0.364. The maximum absolute atomic E-state index is 12.0. The van der Waals surface area contributed by atoms with Crippen LogP contribution in [0.15, 0.2) is 40.3 Å². The highest BCUT2D eigenvalue weighted by atomic mass is 32.2. The largest absolute Gasteiger partial charge is 0.366 e. The van der Waals surface area contributed by atoms with E-state index in [1.807, 2.05) is 12.2 Å². The lowest BCUT2D eigenvalue weighted by Crippen LogP contribution is -2.37. The van der Waals surface area contributed by atoms with Crippen molar-refractivity contribution in [3.05, 3.63) is 40.8 Å². The summed E-state index contributed by atoms with van der Waals surface area (Å²) in [4.78, 5) is 13.8. The van der Waals surface area contributed by atoms with E-state index in [2.05, 4.69) is 9.71 Å². The van der Waals surface area contributed by atoms with Gasteiger partial charge in [-0.1, -0.05) is 12.2 Å². The van der Waals surface area contributed by atoms with Crippen molar-refractivity contribution in [2.24, 2.45) is 0 Å². The first-order chi connectivity index (χ1) is 8.09. The molecule has 0 aromatic carbocycles. The predicted molar refractivity (Wildman–Crippen MR) is 64.2 cm³/mol. The van der Waals surface area contributed by atoms with Gasteiger partial charge in [-0.05, 0) is 19.3 Å². The van der Waals surface area contributed by atoms with Crippen LogP contribution in [0.2, 0.25) is 0 Å². The lowest BCUT2D eigenvalue weighted by molar-refractivity contribution is 0.521. The summed E-state index contributed by atoms with van der Waals surface area (Å²) in [5.41, 5.74) is -0.498. The van der Waals surface area contributed by atoms with Crippen molar-refractivity contribution in [1.82, 2.24) is 9.71 Å². The number of hydrogen-bond acceptors (Lipinski definition) is 3. The third-order valence-corrected chi connectivity index (χ3v) is 4.21. The van der Waals surface area contributed by atoms with Gasteiger partial charge in [-0.2, -0.15) is 0 Å². The number of nitrogens with one attached hydrogen (secondary N) is 2. The van der Waals surface area contributed by atoms with Crippen LogP contribution >= 0.6 is 0 Å². The molecular weight excluding hydrogens is 240 g/mol. The van der Waals surface area contributed by atoms with Crippen molar-refractivity contribution in [1.29, 1.82) is 0 Å². The minimum absolute atomic E-state index is 0.121. The summed E-state index contributed by atoms with van der Waals surface area (Å²) in [7, 11) is -3.72. The number of aromatic nitrogens is 1. The fourth-order valence-electron chi connectivity index (χ4n) is 1.79. The van der Waals surface area contributed by atoms with Gasteiger partial charge in [-0.3, -0.25) is 4.79 Å². The minimum atomic E-state index is -3.72. The van der Waals surface area contributed by atoms with Gasteiger partial charge in [-0.15, -0.1) is 0 Å². The van der Waals surface area contributed by atoms with Crippen LogP contribution in [0.3, 0.4) is 0 Å². The monoisotopic (exact) mass is 254 g/mol. The van der Waals surface area contributed by atoms with Gasteiger partial charge in [0.2, 0.25) is 15.5 Å². The number of hydrogen-bond donors (Lipinski definition) is 2. The summed E-state index contributed by atoms with van der Waals surface area (Å²) in [6.07, 6.45) is 8.89. The maximum atomic E-state index is 12.0. The summed E-state index contributed by atoms with van der Waals surface area (Å²) in [5, 5.41) is 0. The van der Waals surface area contributed by atoms with Gasteiger partial charge in [0.25, 0.3) is 0 Å². The molecule has 2 rings (SSSR count). The molecule has 5 nitrogen and oxygen atoms in total. The molecule has 1 atom stereocenters. The zero-order chi connectivity index (χ0) is 12.3. The Bertz CT molecular complexity index is 574. The van der Waals surface area contributed by atoms with Crippen LogP contribution in [0.1, 0.15) is 19.3 Å². The van der Waals surface area contributed by atoms with Gasteiger partial charge in [0, 0.05) is 24.5 Å². The maximum Gasteiger partial charge on any atom is 0.246 e. The first kappa shape index (κ1) is 12.1. The molecule has 6 heteroatoms. The standard InChI is InChI=1S/C11H14N2O3S/c14-10-6-7-12-8-11(10)17(15,16)13-9-4-2-1-3-5-9/h1-2,6-9,13H,3-5H2,(H,12,14). The van der Waals surface area contributed by atoms with E-state index < -0.39 is 15.5 Å². The molecule has 0 aliphatic heterocycles. The summed E-state index contributed by atoms with van der Waals surface area (Å²) >= 11 is 0. The third-order valence-electron chi connectivity index (χ3n) is 2.67. The van der Waals surface area contributed by atoms with Crippen molar-refractivity contribution in [2.45, 2.75) is 30.2 Å². The summed E-state index contributed by atoms with van der Waals surface area (Å²) in [6, 6.07) is 1.08. The lowest BCUT2D eigenvalue weighted by atomic mass is 10.0. The van der Waals surface area contributed by atoms with E-state index in [1.54, 1.807) is 0 Å². The predicted octanol–water partition coefficient (Wildman–Crippen LogP) is 0.762. The second-order valence-electron chi connectivity index (χ2n) is 3.98.